The van der Waals surface area contributed by atoms with Gasteiger partial charge in [0.25, 0.3) is 0 Å². The zero-order chi connectivity index (χ0) is 23.2. The van der Waals surface area contributed by atoms with E-state index in [9.17, 15) is 19.2 Å². The third-order valence-corrected chi connectivity index (χ3v) is 5.53. The summed E-state index contributed by atoms with van der Waals surface area (Å²) < 4.78 is 0. The van der Waals surface area contributed by atoms with Gasteiger partial charge >= 0.3 is 5.97 Å². The number of aliphatic carboxylic acids is 1. The number of hydrogen-bond acceptors (Lipinski definition) is 8. The van der Waals surface area contributed by atoms with Crippen molar-refractivity contribution in [2.45, 2.75) is 37.4 Å². The molecule has 0 aliphatic heterocycles. The van der Waals surface area contributed by atoms with Crippen molar-refractivity contribution in [3.05, 3.63) is 18.2 Å². The molecule has 31 heavy (non-hydrogen) atoms. The van der Waals surface area contributed by atoms with Crippen molar-refractivity contribution in [2.75, 3.05) is 30.6 Å². The number of carboxylic acids is 1. The molecule has 0 saturated carbocycles. The van der Waals surface area contributed by atoms with Crippen LogP contribution in [-0.2, 0) is 25.6 Å². The van der Waals surface area contributed by atoms with Gasteiger partial charge in [0.2, 0.25) is 17.7 Å². The normalized spacial score (nSPS) is 13.6. The van der Waals surface area contributed by atoms with E-state index in [-0.39, 0.29) is 6.42 Å². The van der Waals surface area contributed by atoms with E-state index >= 15 is 0 Å². The number of nitrogens with one attached hydrogen (secondary N) is 4. The molecule has 7 N–H and O–H groups in total. The molecule has 0 aromatic carbocycles. The Balaban J connectivity index is 2.89. The van der Waals surface area contributed by atoms with E-state index in [4.69, 9.17) is 10.8 Å². The van der Waals surface area contributed by atoms with Crippen LogP contribution in [0.1, 0.15) is 18.5 Å². The number of aromatic amines is 1. The van der Waals surface area contributed by atoms with E-state index in [0.29, 0.717) is 30.0 Å². The average molecular weight is 475 g/mol. The predicted octanol–water partition coefficient (Wildman–Crippen LogP) is -1.04. The van der Waals surface area contributed by atoms with Crippen molar-refractivity contribution in [2.24, 2.45) is 5.73 Å². The van der Waals surface area contributed by atoms with Gasteiger partial charge in [-0.05, 0) is 36.9 Å². The number of nitrogens with zero attached hydrogens (tertiary/aromatic N) is 1. The number of carbonyl (C=O) groups excluding carboxylic acids is 3. The summed E-state index contributed by atoms with van der Waals surface area (Å²) in [6, 6.07) is -2.70. The molecule has 1 heterocycles. The second kappa shape index (κ2) is 14.7. The molecule has 1 rings (SSSR count). The Kier molecular flexibility index (Phi) is 12.7. The molecule has 3 atom stereocenters. The lowest BCUT2D eigenvalue weighted by Crippen LogP contribution is -2.56. The van der Waals surface area contributed by atoms with Crippen LogP contribution >= 0.6 is 23.5 Å². The molecule has 11 nitrogen and oxygen atoms in total. The first-order valence-corrected chi connectivity index (χ1v) is 12.4. The Bertz CT molecular complexity index is 718. The maximum absolute atomic E-state index is 12.9. The number of carboxylic acid groups (broad SMARTS) is 1. The Hall–Kier alpha value is -2.25. The monoisotopic (exact) mass is 474 g/mol. The lowest BCUT2D eigenvalue weighted by Gasteiger charge is -2.23. The number of hydrogen-bond donors (Lipinski definition) is 6. The van der Waals surface area contributed by atoms with Gasteiger partial charge in [0.1, 0.15) is 18.6 Å². The SMILES string of the molecule is CSCCC(N)C(=O)NC(Cc1cnc[nH]1)C(=O)NC(CCSC)C(=O)NCC(=O)O. The van der Waals surface area contributed by atoms with Crippen LogP contribution < -0.4 is 21.7 Å². The first kappa shape index (κ1) is 26.8. The van der Waals surface area contributed by atoms with Crippen LogP contribution in [0.3, 0.4) is 0 Å². The summed E-state index contributed by atoms with van der Waals surface area (Å²) in [6.45, 7) is -0.553. The Labute approximate surface area is 189 Å². The molecule has 0 aliphatic carbocycles. The Morgan fingerprint density at radius 1 is 1.06 bits per heavy atom. The largest absolute Gasteiger partial charge is 0.480 e. The van der Waals surface area contributed by atoms with Gasteiger partial charge in [0.15, 0.2) is 0 Å². The number of carbonyl (C=O) groups is 4. The van der Waals surface area contributed by atoms with Crippen molar-refractivity contribution >= 4 is 47.2 Å². The lowest BCUT2D eigenvalue weighted by molar-refractivity contribution is -0.138. The van der Waals surface area contributed by atoms with Gasteiger partial charge in [-0.1, -0.05) is 0 Å². The van der Waals surface area contributed by atoms with E-state index in [1.807, 2.05) is 12.5 Å². The molecule has 0 saturated heterocycles. The summed E-state index contributed by atoms with van der Waals surface area (Å²) in [6.07, 6.45) is 7.63. The van der Waals surface area contributed by atoms with Crippen LogP contribution in [0.4, 0.5) is 0 Å². The van der Waals surface area contributed by atoms with Gasteiger partial charge in [0.05, 0.1) is 12.4 Å². The first-order valence-electron chi connectivity index (χ1n) is 9.59. The van der Waals surface area contributed by atoms with Crippen molar-refractivity contribution < 1.29 is 24.3 Å². The third kappa shape index (κ3) is 10.6. The number of aromatic nitrogens is 2. The van der Waals surface area contributed by atoms with Gasteiger partial charge in [-0.15, -0.1) is 0 Å². The number of rotatable bonds is 15. The molecule has 3 amide bonds. The number of nitrogens with two attached hydrogens (primary N) is 1. The number of imidazole rings is 1. The molecular formula is C18H30N6O5S2. The topological polar surface area (TPSA) is 179 Å². The summed E-state index contributed by atoms with van der Waals surface area (Å²) in [5.41, 5.74) is 6.53. The summed E-state index contributed by atoms with van der Waals surface area (Å²) in [5.74, 6) is -1.56. The molecule has 0 bridgehead atoms. The van der Waals surface area contributed by atoms with Gasteiger partial charge in [-0.2, -0.15) is 23.5 Å². The minimum absolute atomic E-state index is 0.124. The number of thioether (sulfide) groups is 2. The highest BCUT2D eigenvalue weighted by Gasteiger charge is 2.28. The maximum Gasteiger partial charge on any atom is 0.322 e. The fourth-order valence-corrected chi connectivity index (χ4v) is 3.50. The number of H-pyrrole nitrogens is 1. The van der Waals surface area contributed by atoms with E-state index in [0.717, 1.165) is 0 Å². The van der Waals surface area contributed by atoms with Crippen LogP contribution in [-0.4, -0.2) is 87.5 Å². The van der Waals surface area contributed by atoms with Crippen molar-refractivity contribution in [1.82, 2.24) is 25.9 Å². The predicted molar refractivity (Wildman–Crippen MR) is 121 cm³/mol. The molecule has 3 unspecified atom stereocenters. The van der Waals surface area contributed by atoms with Crippen LogP contribution in [0.5, 0.6) is 0 Å². The Morgan fingerprint density at radius 2 is 1.71 bits per heavy atom. The lowest BCUT2D eigenvalue weighted by atomic mass is 10.1. The summed E-state index contributed by atoms with van der Waals surface area (Å²) >= 11 is 3.05. The van der Waals surface area contributed by atoms with Crippen molar-refractivity contribution in [3.8, 4) is 0 Å². The molecule has 174 valence electrons. The molecule has 0 aliphatic rings. The standard InChI is InChI=1S/C18H30N6O5S2/c1-30-5-3-12(19)16(27)24-14(7-11-8-20-10-22-11)18(29)23-13(4-6-31-2)17(28)21-9-15(25)26/h8,10,12-14H,3-7,9,19H2,1-2H3,(H,20,22)(H,21,28)(H,23,29)(H,24,27)(H,25,26). The average Bonchev–Trinajstić information content (AvgIpc) is 3.25. The Morgan fingerprint density at radius 3 is 2.29 bits per heavy atom. The highest BCUT2D eigenvalue weighted by atomic mass is 32.2. The molecule has 1 aromatic rings. The molecule has 0 radical (unpaired) electrons. The zero-order valence-corrected chi connectivity index (χ0v) is 19.2. The summed E-state index contributed by atoms with van der Waals surface area (Å²) in [5, 5.41) is 16.3. The zero-order valence-electron chi connectivity index (χ0n) is 17.6. The molecule has 0 fully saturated rings. The molecule has 0 spiro atoms. The second-order valence-corrected chi connectivity index (χ2v) is 8.66. The second-order valence-electron chi connectivity index (χ2n) is 6.68. The minimum Gasteiger partial charge on any atom is -0.480 e. The highest BCUT2D eigenvalue weighted by Crippen LogP contribution is 2.05. The van der Waals surface area contributed by atoms with Gasteiger partial charge in [-0.3, -0.25) is 19.2 Å². The van der Waals surface area contributed by atoms with Crippen molar-refractivity contribution in [1.29, 1.82) is 0 Å². The fraction of sp³-hybridized carbons (Fsp3) is 0.611. The molecule has 13 heteroatoms. The minimum atomic E-state index is -1.19. The third-order valence-electron chi connectivity index (χ3n) is 4.24. The smallest absolute Gasteiger partial charge is 0.322 e. The first-order chi connectivity index (χ1) is 14.8. The molecular weight excluding hydrogens is 444 g/mol. The van der Waals surface area contributed by atoms with Crippen LogP contribution in [0.2, 0.25) is 0 Å². The number of amides is 3. The van der Waals surface area contributed by atoms with Crippen LogP contribution in [0, 0.1) is 0 Å². The fourth-order valence-electron chi connectivity index (χ4n) is 2.54. The quantitative estimate of drug-likeness (QED) is 0.185. The van der Waals surface area contributed by atoms with E-state index in [1.165, 1.54) is 24.3 Å². The van der Waals surface area contributed by atoms with Gasteiger partial charge < -0.3 is 31.8 Å². The van der Waals surface area contributed by atoms with Crippen molar-refractivity contribution in [3.63, 3.8) is 0 Å². The van der Waals surface area contributed by atoms with E-state index < -0.39 is 48.4 Å². The summed E-state index contributed by atoms with van der Waals surface area (Å²) in [7, 11) is 0. The van der Waals surface area contributed by atoms with E-state index in [1.54, 1.807) is 11.8 Å². The summed E-state index contributed by atoms with van der Waals surface area (Å²) in [4.78, 5) is 55.3. The molecule has 1 aromatic heterocycles. The van der Waals surface area contributed by atoms with Crippen LogP contribution in [0.15, 0.2) is 12.5 Å². The van der Waals surface area contributed by atoms with Crippen LogP contribution in [0.25, 0.3) is 0 Å². The highest BCUT2D eigenvalue weighted by molar-refractivity contribution is 7.98. The van der Waals surface area contributed by atoms with E-state index in [2.05, 4.69) is 25.9 Å². The maximum atomic E-state index is 12.9. The van der Waals surface area contributed by atoms with Gasteiger partial charge in [0, 0.05) is 18.3 Å². The van der Waals surface area contributed by atoms with Gasteiger partial charge in [-0.25, -0.2) is 4.98 Å².